The number of hydrogen-bond acceptors (Lipinski definition) is 15. The molecule has 1 aliphatic carbocycles. The summed E-state index contributed by atoms with van der Waals surface area (Å²) in [6, 6.07) is 12.5. The molecule has 3 aromatic carbocycles. The number of rotatable bonds is 15. The first-order valence-corrected chi connectivity index (χ1v) is 20.8. The van der Waals surface area contributed by atoms with Gasteiger partial charge in [0, 0.05) is 73.1 Å². The van der Waals surface area contributed by atoms with Crippen molar-refractivity contribution in [1.29, 1.82) is 0 Å². The van der Waals surface area contributed by atoms with E-state index in [2.05, 4.69) is 15.6 Å². The van der Waals surface area contributed by atoms with E-state index in [1.165, 1.54) is 20.2 Å². The SMILES string of the molecule is CCc1c(OC)cc(O[C@@H]2O[C@H](CO)[C@](O)(C[C@H](CN3C(=O)C=CC3=O)C3=CCNC(N)=C3)[C@H](O)[C@H]2O)c2c1C(=O)c1cc(CCc3ccccc3)c(CNC(N)=NC)c(O)c1C2=O. The number of carbonyl (C=O) groups is 4. The number of ketones is 2. The molecule has 338 valence electrons. The van der Waals surface area contributed by atoms with Gasteiger partial charge in [0.15, 0.2) is 11.7 Å². The zero-order valence-electron chi connectivity index (χ0n) is 35.5. The summed E-state index contributed by atoms with van der Waals surface area (Å²) in [4.78, 5) is 59.8. The van der Waals surface area contributed by atoms with Crippen LogP contribution in [0.1, 0.15) is 67.4 Å². The van der Waals surface area contributed by atoms with Crippen molar-refractivity contribution in [2.75, 3.05) is 33.9 Å². The third-order valence-corrected chi connectivity index (χ3v) is 12.3. The molecule has 18 nitrogen and oxygen atoms in total. The van der Waals surface area contributed by atoms with E-state index in [0.717, 1.165) is 22.6 Å². The topological polar surface area (TPSA) is 289 Å². The zero-order chi connectivity index (χ0) is 46.0. The van der Waals surface area contributed by atoms with Crippen LogP contribution in [0.2, 0.25) is 0 Å². The van der Waals surface area contributed by atoms with Gasteiger partial charge in [0.1, 0.15) is 41.2 Å². The number of nitrogens with one attached hydrogen (secondary N) is 2. The van der Waals surface area contributed by atoms with Gasteiger partial charge in [-0.15, -0.1) is 0 Å². The Balaban J connectivity index is 1.25. The number of aromatic hydroxyl groups is 1. The molecule has 1 saturated heterocycles. The lowest BCUT2D eigenvalue weighted by Gasteiger charge is -2.49. The molecule has 0 aromatic heterocycles. The average Bonchev–Trinajstić information content (AvgIpc) is 3.61. The van der Waals surface area contributed by atoms with Crippen LogP contribution >= 0.6 is 0 Å². The number of phenols is 1. The summed E-state index contributed by atoms with van der Waals surface area (Å²) in [7, 11) is 2.85. The molecule has 7 rings (SSSR count). The van der Waals surface area contributed by atoms with Crippen molar-refractivity contribution < 1.29 is 58.9 Å². The number of aryl methyl sites for hydroxylation is 2. The summed E-state index contributed by atoms with van der Waals surface area (Å²) < 4.78 is 17.9. The Morgan fingerprint density at radius 3 is 2.39 bits per heavy atom. The van der Waals surface area contributed by atoms with E-state index in [9.17, 15) is 44.7 Å². The van der Waals surface area contributed by atoms with Crippen molar-refractivity contribution in [1.82, 2.24) is 15.5 Å². The smallest absolute Gasteiger partial charge is 0.253 e. The minimum Gasteiger partial charge on any atom is -0.507 e. The number of phenolic OH excluding ortho intramolecular Hbond substituents is 1. The number of aliphatic imine (C=N–C) groups is 1. The van der Waals surface area contributed by atoms with Crippen molar-refractivity contribution in [3.63, 3.8) is 0 Å². The molecule has 2 amide bonds. The van der Waals surface area contributed by atoms with Crippen LogP contribution in [0.15, 0.2) is 83.2 Å². The number of methoxy groups -OCH3 is 1. The van der Waals surface area contributed by atoms with Gasteiger partial charge in [0.05, 0.1) is 30.7 Å². The molecule has 0 bridgehead atoms. The molecule has 11 N–H and O–H groups in total. The molecule has 0 unspecified atom stereocenters. The van der Waals surface area contributed by atoms with E-state index in [1.54, 1.807) is 25.1 Å². The number of aliphatic hydroxyl groups excluding tert-OH is 3. The molecule has 3 heterocycles. The van der Waals surface area contributed by atoms with Crippen LogP contribution in [0.3, 0.4) is 0 Å². The van der Waals surface area contributed by atoms with Gasteiger partial charge in [-0.25, -0.2) is 0 Å². The number of carbonyl (C=O) groups excluding carboxylic acids is 4. The Kier molecular flexibility index (Phi) is 13.2. The highest BCUT2D eigenvalue weighted by Gasteiger charge is 2.57. The Morgan fingerprint density at radius 2 is 1.75 bits per heavy atom. The minimum absolute atomic E-state index is 0.0430. The number of ether oxygens (including phenoxy) is 3. The molecule has 0 radical (unpaired) electrons. The molecule has 3 aliphatic heterocycles. The van der Waals surface area contributed by atoms with Crippen molar-refractivity contribution >= 4 is 29.3 Å². The maximum Gasteiger partial charge on any atom is 0.253 e. The Labute approximate surface area is 368 Å². The number of aliphatic hydroxyl groups is 4. The van der Waals surface area contributed by atoms with Crippen LogP contribution in [0, 0.1) is 5.92 Å². The molecule has 6 atom stereocenters. The van der Waals surface area contributed by atoms with Crippen molar-refractivity contribution in [2.24, 2.45) is 22.4 Å². The number of hydrogen-bond donors (Lipinski definition) is 9. The maximum absolute atomic E-state index is 14.9. The Morgan fingerprint density at radius 1 is 1.03 bits per heavy atom. The van der Waals surface area contributed by atoms with Crippen LogP contribution in [-0.4, -0.2) is 124 Å². The van der Waals surface area contributed by atoms with E-state index < -0.39 is 78.3 Å². The van der Waals surface area contributed by atoms with Crippen molar-refractivity contribution in [3.8, 4) is 17.2 Å². The third kappa shape index (κ3) is 8.45. The zero-order valence-corrected chi connectivity index (χ0v) is 35.5. The number of benzene rings is 3. The normalized spacial score (nSPS) is 23.5. The van der Waals surface area contributed by atoms with Gasteiger partial charge in [-0.1, -0.05) is 43.3 Å². The predicted octanol–water partition coefficient (Wildman–Crippen LogP) is 0.368. The number of guanidine groups is 1. The first-order chi connectivity index (χ1) is 30.6. The summed E-state index contributed by atoms with van der Waals surface area (Å²) in [5.74, 6) is -3.76. The first-order valence-electron chi connectivity index (χ1n) is 20.8. The fourth-order valence-corrected chi connectivity index (χ4v) is 8.86. The monoisotopic (exact) mass is 880 g/mol. The van der Waals surface area contributed by atoms with Gasteiger partial charge in [0.2, 0.25) is 12.1 Å². The van der Waals surface area contributed by atoms with Crippen molar-refractivity contribution in [2.45, 2.75) is 69.4 Å². The van der Waals surface area contributed by atoms with Gasteiger partial charge in [0.25, 0.3) is 11.8 Å². The standard InChI is InChI=1S/C46H52N6O12/c1-4-27-30(62-3)18-31(38-36(27)39(56)28-16-25(11-10-23-8-6-5-7-9-23)29(20-51-45(48)49-2)40(57)37(28)41(38)58)63-44-42(59)43(60)46(61,32(22-53)64-44)19-26(24-14-15-50-33(47)17-24)21-52-34(54)12-13-35(52)55/h5-9,12-14,16-18,26,32,42-44,50,53,57,59-61H,4,10-11,15,19-22,47H2,1-3H3,(H3,48,49,51)/t26-,32-,42-,43-,44-,46-/m1/s1. The molecule has 1 fully saturated rings. The fraction of sp³-hybridized carbons (Fsp3) is 0.370. The van der Waals surface area contributed by atoms with E-state index in [0.29, 0.717) is 35.1 Å². The second-order valence-electron chi connectivity index (χ2n) is 16.0. The number of dihydropyridines is 1. The summed E-state index contributed by atoms with van der Waals surface area (Å²) >= 11 is 0. The predicted molar refractivity (Wildman–Crippen MR) is 231 cm³/mol. The lowest BCUT2D eigenvalue weighted by Crippen LogP contribution is -2.68. The lowest BCUT2D eigenvalue weighted by molar-refractivity contribution is -0.316. The highest BCUT2D eigenvalue weighted by molar-refractivity contribution is 6.31. The number of nitrogens with two attached hydrogens (primary N) is 2. The van der Waals surface area contributed by atoms with Gasteiger partial charge < -0.3 is 61.8 Å². The minimum atomic E-state index is -2.43. The average molecular weight is 881 g/mol. The highest BCUT2D eigenvalue weighted by Crippen LogP contribution is 2.46. The summed E-state index contributed by atoms with van der Waals surface area (Å²) in [6.07, 6.45) is -1.51. The quantitative estimate of drug-likeness (QED) is 0.0443. The largest absolute Gasteiger partial charge is 0.507 e. The molecule has 4 aliphatic rings. The Bertz CT molecular complexity index is 2460. The Hall–Kier alpha value is -6.57. The molecule has 18 heteroatoms. The molecule has 3 aromatic rings. The van der Waals surface area contributed by atoms with Gasteiger partial charge in [-0.3, -0.25) is 29.1 Å². The van der Waals surface area contributed by atoms with E-state index in [1.807, 2.05) is 30.3 Å². The fourth-order valence-electron chi connectivity index (χ4n) is 8.86. The summed E-state index contributed by atoms with van der Waals surface area (Å²) in [5.41, 5.74) is 11.6. The van der Waals surface area contributed by atoms with Crippen LogP contribution in [0.4, 0.5) is 0 Å². The number of allylic oxidation sites excluding steroid dienone is 1. The van der Waals surface area contributed by atoms with Gasteiger partial charge >= 0.3 is 0 Å². The molecule has 0 spiro atoms. The second kappa shape index (κ2) is 18.6. The van der Waals surface area contributed by atoms with E-state index in [4.69, 9.17) is 25.7 Å². The number of nitrogens with zero attached hydrogens (tertiary/aromatic N) is 2. The first kappa shape index (κ1) is 45.5. The number of fused-ring (bicyclic) bond motifs is 2. The second-order valence-corrected chi connectivity index (χ2v) is 16.0. The van der Waals surface area contributed by atoms with E-state index >= 15 is 0 Å². The van der Waals surface area contributed by atoms with E-state index in [-0.39, 0.29) is 71.6 Å². The van der Waals surface area contributed by atoms with Gasteiger partial charge in [-0.05, 0) is 54.5 Å². The van der Waals surface area contributed by atoms with Crippen molar-refractivity contribution in [3.05, 3.63) is 123 Å². The van der Waals surface area contributed by atoms with Crippen LogP contribution in [0.5, 0.6) is 17.2 Å². The molecular formula is C46H52N6O12. The third-order valence-electron chi connectivity index (χ3n) is 12.3. The maximum atomic E-state index is 14.9. The number of imide groups is 1. The van der Waals surface area contributed by atoms with Crippen LogP contribution < -0.4 is 31.6 Å². The number of amides is 2. The molecule has 64 heavy (non-hydrogen) atoms. The van der Waals surface area contributed by atoms with Crippen LogP contribution in [-0.2, 0) is 40.1 Å². The lowest BCUT2D eigenvalue weighted by atomic mass is 9.75. The molecular weight excluding hydrogens is 829 g/mol. The molecule has 0 saturated carbocycles. The van der Waals surface area contributed by atoms with Crippen LogP contribution in [0.25, 0.3) is 0 Å². The summed E-state index contributed by atoms with van der Waals surface area (Å²) in [6.45, 7) is 0.829. The van der Waals surface area contributed by atoms with Gasteiger partial charge in [-0.2, -0.15) is 0 Å². The highest BCUT2D eigenvalue weighted by atomic mass is 16.7. The summed E-state index contributed by atoms with van der Waals surface area (Å²) in [5, 5.41) is 64.2.